The SMILES string of the molecule is C[C@@H](CC(=O)c1cccc2ccccc12)C(=O)O. The number of hydrogen-bond acceptors (Lipinski definition) is 2. The first-order valence-corrected chi connectivity index (χ1v) is 5.83. The fourth-order valence-electron chi connectivity index (χ4n) is 1.94. The lowest BCUT2D eigenvalue weighted by molar-refractivity contribution is -0.141. The molecular formula is C15H14O3. The molecule has 0 fully saturated rings. The van der Waals surface area contributed by atoms with E-state index in [1.165, 1.54) is 0 Å². The molecule has 0 aromatic heterocycles. The van der Waals surface area contributed by atoms with Crippen molar-refractivity contribution in [3.05, 3.63) is 48.0 Å². The summed E-state index contributed by atoms with van der Waals surface area (Å²) in [6, 6.07) is 13.1. The van der Waals surface area contributed by atoms with Crippen LogP contribution in [-0.4, -0.2) is 16.9 Å². The molecule has 0 aliphatic heterocycles. The Hall–Kier alpha value is -2.16. The molecule has 0 aliphatic carbocycles. The summed E-state index contributed by atoms with van der Waals surface area (Å²) in [5, 5.41) is 10.7. The van der Waals surface area contributed by atoms with E-state index < -0.39 is 11.9 Å². The van der Waals surface area contributed by atoms with Crippen LogP contribution in [0.4, 0.5) is 0 Å². The van der Waals surface area contributed by atoms with Crippen LogP contribution in [0.15, 0.2) is 42.5 Å². The van der Waals surface area contributed by atoms with E-state index in [4.69, 9.17) is 5.11 Å². The van der Waals surface area contributed by atoms with Crippen molar-refractivity contribution < 1.29 is 14.7 Å². The topological polar surface area (TPSA) is 54.4 Å². The summed E-state index contributed by atoms with van der Waals surface area (Å²) in [5.41, 5.74) is 0.598. The van der Waals surface area contributed by atoms with Gasteiger partial charge >= 0.3 is 5.97 Å². The van der Waals surface area contributed by atoms with Gasteiger partial charge in [-0.05, 0) is 10.8 Å². The van der Waals surface area contributed by atoms with Gasteiger partial charge in [-0.15, -0.1) is 0 Å². The molecule has 0 saturated carbocycles. The number of hydrogen-bond donors (Lipinski definition) is 1. The summed E-state index contributed by atoms with van der Waals surface area (Å²) in [4.78, 5) is 22.9. The lowest BCUT2D eigenvalue weighted by atomic mass is 9.95. The van der Waals surface area contributed by atoms with E-state index in [0.29, 0.717) is 5.56 Å². The molecule has 18 heavy (non-hydrogen) atoms. The molecule has 0 bridgehead atoms. The minimum Gasteiger partial charge on any atom is -0.481 e. The van der Waals surface area contributed by atoms with Crippen LogP contribution in [0.1, 0.15) is 23.7 Å². The number of rotatable bonds is 4. The number of Topliss-reactive ketones (excluding diaryl/α,β-unsaturated/α-hetero) is 1. The molecule has 0 spiro atoms. The Morgan fingerprint density at radius 3 is 2.50 bits per heavy atom. The molecule has 2 rings (SSSR count). The fourth-order valence-corrected chi connectivity index (χ4v) is 1.94. The standard InChI is InChI=1S/C15H14O3/c1-10(15(17)18)9-14(16)13-8-4-6-11-5-2-3-7-12(11)13/h2-8,10H,9H2,1H3,(H,17,18)/t10-/m0/s1. The van der Waals surface area contributed by atoms with Gasteiger partial charge in [-0.2, -0.15) is 0 Å². The van der Waals surface area contributed by atoms with Crippen molar-refractivity contribution >= 4 is 22.5 Å². The van der Waals surface area contributed by atoms with E-state index in [0.717, 1.165) is 10.8 Å². The van der Waals surface area contributed by atoms with Crippen LogP contribution >= 0.6 is 0 Å². The second-order valence-corrected chi connectivity index (χ2v) is 4.39. The summed E-state index contributed by atoms with van der Waals surface area (Å²) < 4.78 is 0. The third-order valence-corrected chi connectivity index (χ3v) is 3.00. The van der Waals surface area contributed by atoms with Gasteiger partial charge < -0.3 is 5.11 Å². The smallest absolute Gasteiger partial charge is 0.306 e. The molecule has 2 aromatic rings. The number of aliphatic carboxylic acids is 1. The Morgan fingerprint density at radius 2 is 1.78 bits per heavy atom. The van der Waals surface area contributed by atoms with Gasteiger partial charge in [-0.3, -0.25) is 9.59 Å². The Bertz CT molecular complexity index is 596. The summed E-state index contributed by atoms with van der Waals surface area (Å²) in [7, 11) is 0. The van der Waals surface area contributed by atoms with Crippen LogP contribution < -0.4 is 0 Å². The molecule has 3 heteroatoms. The minimum atomic E-state index is -0.941. The molecule has 0 radical (unpaired) electrons. The summed E-state index contributed by atoms with van der Waals surface area (Å²) in [5.74, 6) is -1.72. The highest BCUT2D eigenvalue weighted by Crippen LogP contribution is 2.21. The summed E-state index contributed by atoms with van der Waals surface area (Å²) in [6.07, 6.45) is 0.0311. The third kappa shape index (κ3) is 2.40. The number of carboxylic acids is 1. The maximum atomic E-state index is 12.1. The molecule has 0 aliphatic rings. The van der Waals surface area contributed by atoms with E-state index in [2.05, 4.69) is 0 Å². The van der Waals surface area contributed by atoms with Crippen LogP contribution in [0.3, 0.4) is 0 Å². The van der Waals surface area contributed by atoms with Crippen molar-refractivity contribution in [2.45, 2.75) is 13.3 Å². The highest BCUT2D eigenvalue weighted by molar-refractivity contribution is 6.08. The van der Waals surface area contributed by atoms with E-state index in [1.807, 2.05) is 36.4 Å². The van der Waals surface area contributed by atoms with E-state index >= 15 is 0 Å². The Balaban J connectivity index is 2.36. The largest absolute Gasteiger partial charge is 0.481 e. The van der Waals surface area contributed by atoms with Crippen LogP contribution in [-0.2, 0) is 4.79 Å². The molecule has 0 amide bonds. The normalized spacial score (nSPS) is 12.3. The van der Waals surface area contributed by atoms with Crippen LogP contribution in [0.5, 0.6) is 0 Å². The van der Waals surface area contributed by atoms with E-state index in [1.54, 1.807) is 13.0 Å². The number of fused-ring (bicyclic) bond motifs is 1. The highest BCUT2D eigenvalue weighted by Gasteiger charge is 2.18. The van der Waals surface area contributed by atoms with Crippen LogP contribution in [0.2, 0.25) is 0 Å². The van der Waals surface area contributed by atoms with Gasteiger partial charge in [0.25, 0.3) is 0 Å². The molecule has 0 heterocycles. The Morgan fingerprint density at radius 1 is 1.11 bits per heavy atom. The van der Waals surface area contributed by atoms with E-state index in [-0.39, 0.29) is 12.2 Å². The Kier molecular flexibility index (Phi) is 3.42. The minimum absolute atomic E-state index is 0.0311. The highest BCUT2D eigenvalue weighted by atomic mass is 16.4. The summed E-state index contributed by atoms with van der Waals surface area (Å²) >= 11 is 0. The summed E-state index contributed by atoms with van der Waals surface area (Å²) in [6.45, 7) is 1.55. The first-order valence-electron chi connectivity index (χ1n) is 5.83. The van der Waals surface area contributed by atoms with Crippen molar-refractivity contribution in [2.24, 2.45) is 5.92 Å². The third-order valence-electron chi connectivity index (χ3n) is 3.00. The van der Waals surface area contributed by atoms with Crippen LogP contribution in [0.25, 0.3) is 10.8 Å². The number of benzene rings is 2. The van der Waals surface area contributed by atoms with Gasteiger partial charge in [0.2, 0.25) is 0 Å². The molecule has 0 saturated heterocycles. The van der Waals surface area contributed by atoms with Crippen molar-refractivity contribution in [2.75, 3.05) is 0 Å². The Labute approximate surface area is 105 Å². The average molecular weight is 242 g/mol. The monoisotopic (exact) mass is 242 g/mol. The van der Waals surface area contributed by atoms with Crippen molar-refractivity contribution in [1.29, 1.82) is 0 Å². The molecular weight excluding hydrogens is 228 g/mol. The lowest BCUT2D eigenvalue weighted by Crippen LogP contribution is -2.14. The maximum absolute atomic E-state index is 12.1. The molecule has 92 valence electrons. The average Bonchev–Trinajstić information content (AvgIpc) is 2.37. The van der Waals surface area contributed by atoms with Gasteiger partial charge in [-0.25, -0.2) is 0 Å². The van der Waals surface area contributed by atoms with Crippen LogP contribution in [0, 0.1) is 5.92 Å². The predicted molar refractivity (Wildman–Crippen MR) is 69.7 cm³/mol. The molecule has 0 unspecified atom stereocenters. The van der Waals surface area contributed by atoms with E-state index in [9.17, 15) is 9.59 Å². The van der Waals surface area contributed by atoms with Gasteiger partial charge in [0.1, 0.15) is 0 Å². The first kappa shape index (κ1) is 12.3. The fraction of sp³-hybridized carbons (Fsp3) is 0.200. The lowest BCUT2D eigenvalue weighted by Gasteiger charge is -2.08. The number of carbonyl (C=O) groups excluding carboxylic acids is 1. The zero-order chi connectivity index (χ0) is 13.1. The first-order chi connectivity index (χ1) is 8.59. The number of carbonyl (C=O) groups is 2. The van der Waals surface area contributed by atoms with Crippen molar-refractivity contribution in [3.8, 4) is 0 Å². The zero-order valence-electron chi connectivity index (χ0n) is 10.1. The molecule has 2 aromatic carbocycles. The van der Waals surface area contributed by atoms with Gasteiger partial charge in [0, 0.05) is 12.0 Å². The maximum Gasteiger partial charge on any atom is 0.306 e. The second-order valence-electron chi connectivity index (χ2n) is 4.39. The zero-order valence-corrected chi connectivity index (χ0v) is 10.1. The second kappa shape index (κ2) is 5.00. The van der Waals surface area contributed by atoms with Gasteiger partial charge in [0.05, 0.1) is 5.92 Å². The molecule has 1 atom stereocenters. The predicted octanol–water partition coefficient (Wildman–Crippen LogP) is 3.13. The van der Waals surface area contributed by atoms with Gasteiger partial charge in [-0.1, -0.05) is 49.4 Å². The van der Waals surface area contributed by atoms with Crippen molar-refractivity contribution in [3.63, 3.8) is 0 Å². The van der Waals surface area contributed by atoms with Gasteiger partial charge in [0.15, 0.2) is 5.78 Å². The molecule has 3 nitrogen and oxygen atoms in total. The number of carboxylic acid groups (broad SMARTS) is 1. The van der Waals surface area contributed by atoms with Crippen molar-refractivity contribution in [1.82, 2.24) is 0 Å². The number of ketones is 1. The quantitative estimate of drug-likeness (QED) is 0.838. The molecule has 1 N–H and O–H groups in total.